The molecular weight excluding hydrogens is 301 g/mol. The van der Waals surface area contributed by atoms with Crippen molar-refractivity contribution in [2.45, 2.75) is 6.92 Å². The summed E-state index contributed by atoms with van der Waals surface area (Å²) in [6.07, 6.45) is 0. The lowest BCUT2D eigenvalue weighted by Crippen LogP contribution is -1.95. The molecule has 2 nitrogen and oxygen atoms in total. The average molecular weight is 309 g/mol. The van der Waals surface area contributed by atoms with E-state index in [1.807, 2.05) is 0 Å². The second kappa shape index (κ2) is 5.00. The third-order valence-corrected chi connectivity index (χ3v) is 3.28. The van der Waals surface area contributed by atoms with Crippen LogP contribution in [0.3, 0.4) is 0 Å². The maximum Gasteiger partial charge on any atom is 0.161 e. The van der Waals surface area contributed by atoms with Crippen molar-refractivity contribution in [2.24, 2.45) is 0 Å². The Morgan fingerprint density at radius 2 is 1.62 bits per heavy atom. The van der Waals surface area contributed by atoms with Crippen LogP contribution in [-0.2, 0) is 0 Å². The first kappa shape index (κ1) is 13.8. The summed E-state index contributed by atoms with van der Waals surface area (Å²) in [4.78, 5) is 8.14. The van der Waals surface area contributed by atoms with Crippen molar-refractivity contribution in [1.82, 2.24) is 9.97 Å². The summed E-state index contributed by atoms with van der Waals surface area (Å²) in [5.74, 6) is -2.34. The average Bonchev–Trinajstić information content (AvgIpc) is 2.40. The SMILES string of the molecule is Cc1cc(F)cc(-c2nc(Cl)c3cc(F)c(F)cc3n2)c1. The van der Waals surface area contributed by atoms with Crippen LogP contribution < -0.4 is 0 Å². The van der Waals surface area contributed by atoms with Crippen molar-refractivity contribution in [2.75, 3.05) is 0 Å². The van der Waals surface area contributed by atoms with Gasteiger partial charge in [0.1, 0.15) is 11.0 Å². The van der Waals surface area contributed by atoms with Gasteiger partial charge in [0.05, 0.1) is 5.52 Å². The summed E-state index contributed by atoms with van der Waals surface area (Å²) in [5.41, 5.74) is 1.27. The summed E-state index contributed by atoms with van der Waals surface area (Å²) in [5, 5.41) is 0.184. The van der Waals surface area contributed by atoms with Gasteiger partial charge in [-0.15, -0.1) is 0 Å². The number of rotatable bonds is 1. The molecule has 0 fully saturated rings. The summed E-state index contributed by atoms with van der Waals surface area (Å²) in [7, 11) is 0. The highest BCUT2D eigenvalue weighted by Crippen LogP contribution is 2.27. The second-order valence-electron chi connectivity index (χ2n) is 4.64. The van der Waals surface area contributed by atoms with Gasteiger partial charge < -0.3 is 0 Å². The third-order valence-electron chi connectivity index (χ3n) is 2.99. The Balaban J connectivity index is 2.27. The van der Waals surface area contributed by atoms with Gasteiger partial charge in [0, 0.05) is 17.0 Å². The molecule has 6 heteroatoms. The molecule has 0 spiro atoms. The van der Waals surface area contributed by atoms with E-state index >= 15 is 0 Å². The number of hydrogen-bond acceptors (Lipinski definition) is 2. The van der Waals surface area contributed by atoms with E-state index in [0.717, 1.165) is 12.1 Å². The Bertz CT molecular complexity index is 845. The number of fused-ring (bicyclic) bond motifs is 1. The van der Waals surface area contributed by atoms with E-state index in [0.29, 0.717) is 11.1 Å². The largest absolute Gasteiger partial charge is 0.228 e. The van der Waals surface area contributed by atoms with Gasteiger partial charge in [-0.1, -0.05) is 11.6 Å². The fourth-order valence-electron chi connectivity index (χ4n) is 2.08. The van der Waals surface area contributed by atoms with Crippen molar-refractivity contribution in [3.05, 3.63) is 58.5 Å². The van der Waals surface area contributed by atoms with Crippen LogP contribution in [0, 0.1) is 24.4 Å². The highest BCUT2D eigenvalue weighted by Gasteiger charge is 2.12. The Morgan fingerprint density at radius 1 is 0.905 bits per heavy atom. The Morgan fingerprint density at radius 3 is 2.33 bits per heavy atom. The molecule has 3 rings (SSSR count). The third kappa shape index (κ3) is 2.56. The van der Waals surface area contributed by atoms with E-state index < -0.39 is 17.5 Å². The van der Waals surface area contributed by atoms with Gasteiger partial charge in [0.2, 0.25) is 0 Å². The summed E-state index contributed by atoms with van der Waals surface area (Å²) < 4.78 is 40.0. The zero-order chi connectivity index (χ0) is 15.1. The summed E-state index contributed by atoms with van der Waals surface area (Å²) in [6, 6.07) is 6.17. The lowest BCUT2D eigenvalue weighted by molar-refractivity contribution is 0.510. The maximum absolute atomic E-state index is 13.4. The highest BCUT2D eigenvalue weighted by atomic mass is 35.5. The van der Waals surface area contributed by atoms with Crippen molar-refractivity contribution < 1.29 is 13.2 Å². The molecule has 0 bridgehead atoms. The zero-order valence-electron chi connectivity index (χ0n) is 10.8. The van der Waals surface area contributed by atoms with Gasteiger partial charge in [-0.3, -0.25) is 0 Å². The number of aryl methyl sites for hydroxylation is 1. The molecule has 0 amide bonds. The molecule has 0 aliphatic carbocycles. The molecule has 0 radical (unpaired) electrons. The molecule has 0 saturated heterocycles. The van der Waals surface area contributed by atoms with Crippen LogP contribution in [0.25, 0.3) is 22.3 Å². The van der Waals surface area contributed by atoms with E-state index in [1.54, 1.807) is 13.0 Å². The van der Waals surface area contributed by atoms with E-state index in [-0.39, 0.29) is 21.9 Å². The first-order chi connectivity index (χ1) is 9.94. The smallest absolute Gasteiger partial charge is 0.161 e. The van der Waals surface area contributed by atoms with Gasteiger partial charge >= 0.3 is 0 Å². The fourth-order valence-corrected chi connectivity index (χ4v) is 2.31. The van der Waals surface area contributed by atoms with Crippen LogP contribution in [0.15, 0.2) is 30.3 Å². The monoisotopic (exact) mass is 308 g/mol. The Labute approximate surface area is 123 Å². The van der Waals surface area contributed by atoms with Crippen LogP contribution in [0.1, 0.15) is 5.56 Å². The zero-order valence-corrected chi connectivity index (χ0v) is 11.5. The number of benzene rings is 2. The first-order valence-electron chi connectivity index (χ1n) is 6.04. The molecule has 2 aromatic carbocycles. The normalized spacial score (nSPS) is 11.1. The molecule has 0 unspecified atom stereocenters. The molecule has 0 N–H and O–H groups in total. The standard InChI is InChI=1S/C15H8ClF3N2/c1-7-2-8(4-9(17)3-7)15-20-13-6-12(19)11(18)5-10(13)14(16)21-15/h2-6H,1H3. The van der Waals surface area contributed by atoms with Crippen LogP contribution in [0.4, 0.5) is 13.2 Å². The van der Waals surface area contributed by atoms with Crippen LogP contribution in [0.5, 0.6) is 0 Å². The van der Waals surface area contributed by atoms with E-state index in [1.165, 1.54) is 12.1 Å². The highest BCUT2D eigenvalue weighted by molar-refractivity contribution is 6.34. The van der Waals surface area contributed by atoms with Gasteiger partial charge in [0.15, 0.2) is 17.5 Å². The Kier molecular flexibility index (Phi) is 3.29. The molecular formula is C15H8ClF3N2. The van der Waals surface area contributed by atoms with Crippen molar-refractivity contribution in [1.29, 1.82) is 0 Å². The van der Waals surface area contributed by atoms with Crippen molar-refractivity contribution in [3.8, 4) is 11.4 Å². The molecule has 0 atom stereocenters. The molecule has 1 aromatic heterocycles. The minimum absolute atomic E-state index is 0.0178. The maximum atomic E-state index is 13.4. The second-order valence-corrected chi connectivity index (χ2v) is 5.00. The molecule has 1 heterocycles. The quantitative estimate of drug-likeness (QED) is 0.610. The van der Waals surface area contributed by atoms with Crippen molar-refractivity contribution >= 4 is 22.5 Å². The molecule has 0 aliphatic rings. The molecule has 3 aromatic rings. The van der Waals surface area contributed by atoms with Gasteiger partial charge in [-0.2, -0.15) is 0 Å². The molecule has 0 aliphatic heterocycles. The van der Waals surface area contributed by atoms with Crippen LogP contribution in [-0.4, -0.2) is 9.97 Å². The van der Waals surface area contributed by atoms with Crippen LogP contribution >= 0.6 is 11.6 Å². The van der Waals surface area contributed by atoms with Gasteiger partial charge in [0.25, 0.3) is 0 Å². The first-order valence-corrected chi connectivity index (χ1v) is 6.42. The van der Waals surface area contributed by atoms with E-state index in [2.05, 4.69) is 9.97 Å². The number of halogens is 4. The van der Waals surface area contributed by atoms with Crippen LogP contribution in [0.2, 0.25) is 5.15 Å². The minimum atomic E-state index is -1.03. The Hall–Kier alpha value is -2.14. The predicted octanol–water partition coefficient (Wildman–Crippen LogP) is 4.68. The number of hydrogen-bond donors (Lipinski definition) is 0. The lowest BCUT2D eigenvalue weighted by Gasteiger charge is -2.06. The fraction of sp³-hybridized carbons (Fsp3) is 0.0667. The predicted molar refractivity (Wildman–Crippen MR) is 74.6 cm³/mol. The van der Waals surface area contributed by atoms with Crippen molar-refractivity contribution in [3.63, 3.8) is 0 Å². The van der Waals surface area contributed by atoms with E-state index in [9.17, 15) is 13.2 Å². The minimum Gasteiger partial charge on any atom is -0.228 e. The number of aromatic nitrogens is 2. The summed E-state index contributed by atoms with van der Waals surface area (Å²) in [6.45, 7) is 1.73. The molecule has 0 saturated carbocycles. The molecule has 106 valence electrons. The topological polar surface area (TPSA) is 25.8 Å². The number of nitrogens with zero attached hydrogens (tertiary/aromatic N) is 2. The van der Waals surface area contributed by atoms with Gasteiger partial charge in [-0.05, 0) is 36.8 Å². The molecule has 21 heavy (non-hydrogen) atoms. The summed E-state index contributed by atoms with van der Waals surface area (Å²) >= 11 is 5.98. The van der Waals surface area contributed by atoms with Gasteiger partial charge in [-0.25, -0.2) is 23.1 Å². The van der Waals surface area contributed by atoms with E-state index in [4.69, 9.17) is 11.6 Å². The lowest BCUT2D eigenvalue weighted by atomic mass is 10.1.